The number of cyclic esters (lactones) is 1. The van der Waals surface area contributed by atoms with Crippen molar-refractivity contribution in [3.8, 4) is 0 Å². The van der Waals surface area contributed by atoms with Crippen molar-refractivity contribution in [2.45, 2.75) is 24.9 Å². The summed E-state index contributed by atoms with van der Waals surface area (Å²) in [6.07, 6.45) is 0.262. The number of piperidine rings is 1. The molecule has 28 heavy (non-hydrogen) atoms. The summed E-state index contributed by atoms with van der Waals surface area (Å²) < 4.78 is 4.85. The highest BCUT2D eigenvalue weighted by Gasteiger charge is 2.54. The summed E-state index contributed by atoms with van der Waals surface area (Å²) in [6, 6.07) is 9.11. The number of urea groups is 1. The number of rotatable bonds is 4. The number of nitrogens with zero attached hydrogens (tertiary/aromatic N) is 3. The number of amides is 5. The van der Waals surface area contributed by atoms with Crippen LogP contribution in [0.15, 0.2) is 30.3 Å². The molecule has 0 aliphatic carbocycles. The summed E-state index contributed by atoms with van der Waals surface area (Å²) in [5.41, 5.74) is 0.00814. The Balaban J connectivity index is 1.43. The van der Waals surface area contributed by atoms with Gasteiger partial charge in [0.15, 0.2) is 0 Å². The molecule has 9 nitrogen and oxygen atoms in total. The Kier molecular flexibility index (Phi) is 4.66. The third-order valence-electron chi connectivity index (χ3n) is 5.70. The van der Waals surface area contributed by atoms with Crippen LogP contribution in [0.4, 0.5) is 9.59 Å². The number of hydrogen-bond donors (Lipinski definition) is 1. The summed E-state index contributed by atoms with van der Waals surface area (Å²) in [5, 5.41) is 2.43. The van der Waals surface area contributed by atoms with Crippen molar-refractivity contribution in [3.63, 3.8) is 0 Å². The van der Waals surface area contributed by atoms with Crippen LogP contribution < -0.4 is 5.32 Å². The molecule has 0 aromatic heterocycles. The van der Waals surface area contributed by atoms with Crippen LogP contribution in [0.25, 0.3) is 0 Å². The van der Waals surface area contributed by atoms with E-state index in [-0.39, 0.29) is 18.4 Å². The van der Waals surface area contributed by atoms with E-state index < -0.39 is 17.7 Å². The van der Waals surface area contributed by atoms with E-state index >= 15 is 0 Å². The Morgan fingerprint density at radius 3 is 2.43 bits per heavy atom. The van der Waals surface area contributed by atoms with Crippen molar-refractivity contribution in [1.29, 1.82) is 0 Å². The largest absolute Gasteiger partial charge is 0.448 e. The molecule has 1 spiro atoms. The molecular formula is C19H22N4O5. The van der Waals surface area contributed by atoms with Crippen LogP contribution in [0.5, 0.6) is 0 Å². The highest BCUT2D eigenvalue weighted by molar-refractivity contribution is 6.07. The molecule has 0 radical (unpaired) electrons. The van der Waals surface area contributed by atoms with Crippen LogP contribution in [0.3, 0.4) is 0 Å². The lowest BCUT2D eigenvalue weighted by atomic mass is 9.85. The number of hydrogen-bond acceptors (Lipinski definition) is 5. The molecular weight excluding hydrogens is 364 g/mol. The van der Waals surface area contributed by atoms with E-state index in [1.54, 1.807) is 9.80 Å². The molecule has 3 aliphatic rings. The van der Waals surface area contributed by atoms with Crippen molar-refractivity contribution in [2.75, 3.05) is 32.8 Å². The number of imide groups is 1. The van der Waals surface area contributed by atoms with E-state index in [9.17, 15) is 19.2 Å². The molecule has 3 saturated heterocycles. The van der Waals surface area contributed by atoms with Crippen molar-refractivity contribution in [2.24, 2.45) is 0 Å². The molecule has 1 N–H and O–H groups in total. The predicted molar refractivity (Wildman–Crippen MR) is 97.0 cm³/mol. The number of carbonyl (C=O) groups excluding carboxylic acids is 4. The van der Waals surface area contributed by atoms with Gasteiger partial charge in [-0.05, 0) is 18.4 Å². The normalized spacial score (nSPS) is 21.3. The molecule has 3 fully saturated rings. The number of ether oxygens (including phenoxy) is 1. The third-order valence-corrected chi connectivity index (χ3v) is 5.70. The van der Waals surface area contributed by atoms with Crippen LogP contribution in [0.1, 0.15) is 18.4 Å². The molecule has 3 heterocycles. The monoisotopic (exact) mass is 386 g/mol. The van der Waals surface area contributed by atoms with Crippen LogP contribution in [0, 0.1) is 0 Å². The van der Waals surface area contributed by atoms with Gasteiger partial charge in [0, 0.05) is 19.6 Å². The second kappa shape index (κ2) is 7.14. The Hall–Kier alpha value is -3.10. The van der Waals surface area contributed by atoms with Crippen LogP contribution in [-0.4, -0.2) is 77.0 Å². The second-order valence-corrected chi connectivity index (χ2v) is 7.28. The molecule has 1 aromatic rings. The van der Waals surface area contributed by atoms with Gasteiger partial charge in [0.05, 0.1) is 6.54 Å². The van der Waals surface area contributed by atoms with Gasteiger partial charge in [-0.3, -0.25) is 19.8 Å². The highest BCUT2D eigenvalue weighted by Crippen LogP contribution is 2.34. The summed E-state index contributed by atoms with van der Waals surface area (Å²) >= 11 is 0. The zero-order valence-electron chi connectivity index (χ0n) is 15.4. The van der Waals surface area contributed by atoms with Gasteiger partial charge in [-0.15, -0.1) is 0 Å². The SMILES string of the molecule is O=C(CN1CCOC1=O)N1CCC2(CC1)C(=O)NC(=O)N2Cc1ccccc1. The summed E-state index contributed by atoms with van der Waals surface area (Å²) in [7, 11) is 0. The lowest BCUT2D eigenvalue weighted by molar-refractivity contribution is -0.138. The smallest absolute Gasteiger partial charge is 0.410 e. The molecule has 9 heteroatoms. The fraction of sp³-hybridized carbons (Fsp3) is 0.474. The number of benzene rings is 1. The van der Waals surface area contributed by atoms with Crippen LogP contribution >= 0.6 is 0 Å². The second-order valence-electron chi connectivity index (χ2n) is 7.28. The fourth-order valence-electron chi connectivity index (χ4n) is 4.04. The first-order chi connectivity index (χ1) is 13.5. The van der Waals surface area contributed by atoms with Gasteiger partial charge >= 0.3 is 12.1 Å². The minimum atomic E-state index is -0.934. The van der Waals surface area contributed by atoms with Gasteiger partial charge in [0.1, 0.15) is 18.7 Å². The number of carbonyl (C=O) groups is 4. The zero-order valence-corrected chi connectivity index (χ0v) is 15.4. The molecule has 0 bridgehead atoms. The zero-order chi connectivity index (χ0) is 19.7. The molecule has 148 valence electrons. The molecule has 0 atom stereocenters. The van der Waals surface area contributed by atoms with Crippen LogP contribution in [0.2, 0.25) is 0 Å². The maximum Gasteiger partial charge on any atom is 0.410 e. The van der Waals surface area contributed by atoms with E-state index in [1.807, 2.05) is 30.3 Å². The summed E-state index contributed by atoms with van der Waals surface area (Å²) in [5.74, 6) is -0.475. The van der Waals surface area contributed by atoms with Crippen molar-refractivity contribution < 1.29 is 23.9 Å². The predicted octanol–water partition coefficient (Wildman–Crippen LogP) is 0.552. The van der Waals surface area contributed by atoms with E-state index in [1.165, 1.54) is 4.90 Å². The third kappa shape index (κ3) is 3.17. The lowest BCUT2D eigenvalue weighted by Gasteiger charge is -2.42. The molecule has 0 unspecified atom stereocenters. The Morgan fingerprint density at radius 2 is 1.79 bits per heavy atom. The van der Waals surface area contributed by atoms with Gasteiger partial charge in [0.2, 0.25) is 5.91 Å². The topological polar surface area (TPSA) is 99.3 Å². The van der Waals surface area contributed by atoms with Gasteiger partial charge in [-0.2, -0.15) is 0 Å². The van der Waals surface area contributed by atoms with E-state index in [0.29, 0.717) is 45.6 Å². The number of likely N-dealkylation sites (tertiary alicyclic amines) is 1. The van der Waals surface area contributed by atoms with Gasteiger partial charge in [-0.25, -0.2) is 9.59 Å². The molecule has 3 aliphatic heterocycles. The Bertz CT molecular complexity index is 804. The standard InChI is InChI=1S/C19H22N4O5/c24-15(13-22-10-11-28-18(22)27)21-8-6-19(7-9-21)16(25)20-17(26)23(19)12-14-4-2-1-3-5-14/h1-5H,6-13H2,(H,20,25,26). The van der Waals surface area contributed by atoms with Gasteiger partial charge in [0.25, 0.3) is 5.91 Å². The average molecular weight is 386 g/mol. The van der Waals surface area contributed by atoms with Crippen LogP contribution in [-0.2, 0) is 20.9 Å². The Labute approximate surface area is 162 Å². The maximum absolute atomic E-state index is 12.6. The first-order valence-corrected chi connectivity index (χ1v) is 9.36. The van der Waals surface area contributed by atoms with Gasteiger partial charge < -0.3 is 14.5 Å². The average Bonchev–Trinajstić information content (AvgIpc) is 3.19. The summed E-state index contributed by atoms with van der Waals surface area (Å²) in [4.78, 5) is 53.7. The summed E-state index contributed by atoms with van der Waals surface area (Å²) in [6.45, 7) is 1.73. The Morgan fingerprint density at radius 1 is 1.07 bits per heavy atom. The van der Waals surface area contributed by atoms with Crippen molar-refractivity contribution >= 4 is 23.9 Å². The minimum Gasteiger partial charge on any atom is -0.448 e. The highest BCUT2D eigenvalue weighted by atomic mass is 16.6. The quantitative estimate of drug-likeness (QED) is 0.762. The first-order valence-electron chi connectivity index (χ1n) is 9.36. The molecule has 1 aromatic carbocycles. The molecule has 5 amide bonds. The lowest BCUT2D eigenvalue weighted by Crippen LogP contribution is -2.57. The fourth-order valence-corrected chi connectivity index (χ4v) is 4.04. The van der Waals surface area contributed by atoms with Crippen molar-refractivity contribution in [1.82, 2.24) is 20.0 Å². The molecule has 4 rings (SSSR count). The van der Waals surface area contributed by atoms with E-state index in [0.717, 1.165) is 5.56 Å². The van der Waals surface area contributed by atoms with E-state index in [4.69, 9.17) is 4.74 Å². The molecule has 0 saturated carbocycles. The number of nitrogens with one attached hydrogen (secondary N) is 1. The minimum absolute atomic E-state index is 0.0231. The maximum atomic E-state index is 12.6. The first kappa shape index (κ1) is 18.3. The van der Waals surface area contributed by atoms with E-state index in [2.05, 4.69) is 5.32 Å². The van der Waals surface area contributed by atoms with Crippen molar-refractivity contribution in [3.05, 3.63) is 35.9 Å². The van der Waals surface area contributed by atoms with Gasteiger partial charge in [-0.1, -0.05) is 30.3 Å².